The number of rotatable bonds is 4. The van der Waals surface area contributed by atoms with Crippen molar-refractivity contribution in [3.05, 3.63) is 0 Å². The lowest BCUT2D eigenvalue weighted by molar-refractivity contribution is 0.389. The van der Waals surface area contributed by atoms with Gasteiger partial charge in [0.2, 0.25) is 4.75 Å². The van der Waals surface area contributed by atoms with Gasteiger partial charge in [-0.3, -0.25) is 0 Å². The fraction of sp³-hybridized carbons (Fsp3) is 1.00. The molecule has 60 valence electrons. The van der Waals surface area contributed by atoms with Gasteiger partial charge in [0.05, 0.1) is 0 Å². The van der Waals surface area contributed by atoms with E-state index in [-0.39, 0.29) is 4.75 Å². The Kier molecular flexibility index (Phi) is 4.02. The second-order valence-corrected chi connectivity index (χ2v) is 4.42. The summed E-state index contributed by atoms with van der Waals surface area (Å²) in [4.78, 5) is 0. The Hall–Kier alpha value is 0.0200. The Morgan fingerprint density at radius 1 is 1.30 bits per heavy atom. The molecule has 0 aliphatic carbocycles. The maximum absolute atomic E-state index is 10.6. The highest BCUT2D eigenvalue weighted by atomic mass is 32.1. The molecular weight excluding hydrogens is 144 g/mol. The Morgan fingerprint density at radius 2 is 1.70 bits per heavy atom. The predicted octanol–water partition coefficient (Wildman–Crippen LogP) is 2.63. The minimum atomic E-state index is -0.0799. The summed E-state index contributed by atoms with van der Waals surface area (Å²) in [6.07, 6.45) is 2.22. The monoisotopic (exact) mass is 161 g/mol. The number of hydrogen-bond donors (Lipinski definition) is 0. The van der Waals surface area contributed by atoms with Crippen LogP contribution >= 0.6 is 0 Å². The molecule has 0 heterocycles. The van der Waals surface area contributed by atoms with Crippen LogP contribution in [0.3, 0.4) is 0 Å². The van der Waals surface area contributed by atoms with Gasteiger partial charge in [-0.15, -0.1) is 0 Å². The summed E-state index contributed by atoms with van der Waals surface area (Å²) in [6, 6.07) is 0. The van der Waals surface area contributed by atoms with Crippen LogP contribution in [-0.4, -0.2) is 4.75 Å². The normalized spacial score (nSPS) is 12.1. The van der Waals surface area contributed by atoms with Gasteiger partial charge in [0, 0.05) is 24.0 Å². The van der Waals surface area contributed by atoms with Crippen molar-refractivity contribution in [2.24, 2.45) is 5.92 Å². The molecule has 0 aliphatic heterocycles. The average Bonchev–Trinajstić information content (AvgIpc) is 1.90. The topological polar surface area (TPSA) is 17.1 Å². The largest absolute Gasteiger partial charge is 0.465 e. The SMILES string of the molecule is CCC(CC)C(C)(C)[S+]=O. The molecule has 0 N–H and O–H groups in total. The second kappa shape index (κ2) is 4.02. The molecule has 0 fully saturated rings. The molecule has 0 aromatic rings. The molecule has 0 saturated heterocycles. The van der Waals surface area contributed by atoms with E-state index >= 15 is 0 Å². The van der Waals surface area contributed by atoms with Crippen LogP contribution in [0.4, 0.5) is 0 Å². The molecule has 0 radical (unpaired) electrons. The fourth-order valence-electron chi connectivity index (χ4n) is 1.34. The summed E-state index contributed by atoms with van der Waals surface area (Å²) < 4.78 is 10.5. The molecule has 0 saturated carbocycles. The minimum absolute atomic E-state index is 0.0799. The molecule has 0 amide bonds. The summed E-state index contributed by atoms with van der Waals surface area (Å²) in [5.74, 6) is 0.565. The number of hydrogen-bond acceptors (Lipinski definition) is 1. The first-order valence-electron chi connectivity index (χ1n) is 3.89. The van der Waals surface area contributed by atoms with Gasteiger partial charge >= 0.3 is 11.7 Å². The van der Waals surface area contributed by atoms with Crippen LogP contribution in [0.2, 0.25) is 0 Å². The molecule has 0 atom stereocenters. The predicted molar refractivity (Wildman–Crippen MR) is 46.2 cm³/mol. The molecule has 0 spiro atoms. The van der Waals surface area contributed by atoms with Gasteiger partial charge in [-0.05, 0) is 12.8 Å². The van der Waals surface area contributed by atoms with Crippen LogP contribution in [0.25, 0.3) is 0 Å². The zero-order valence-corrected chi connectivity index (χ0v) is 8.12. The Labute approximate surface area is 67.7 Å². The maximum Gasteiger partial charge on any atom is 0.465 e. The first kappa shape index (κ1) is 10.0. The van der Waals surface area contributed by atoms with Gasteiger partial charge in [-0.25, -0.2) is 0 Å². The van der Waals surface area contributed by atoms with Crippen LogP contribution in [-0.2, 0) is 15.9 Å². The maximum atomic E-state index is 10.6. The van der Waals surface area contributed by atoms with Gasteiger partial charge in [0.25, 0.3) is 0 Å². The summed E-state index contributed by atoms with van der Waals surface area (Å²) in [5.41, 5.74) is 0. The van der Waals surface area contributed by atoms with Gasteiger partial charge in [-0.1, -0.05) is 13.8 Å². The average molecular weight is 161 g/mol. The first-order chi connectivity index (χ1) is 4.58. The highest BCUT2D eigenvalue weighted by Gasteiger charge is 2.39. The van der Waals surface area contributed by atoms with Gasteiger partial charge in [-0.2, -0.15) is 0 Å². The Bertz CT molecular complexity index is 106. The molecule has 0 bridgehead atoms. The smallest absolute Gasteiger partial charge is 0.0649 e. The standard InChI is InChI=1S/C8H17OS/c1-5-7(6-2)8(3,4)10-9/h7H,5-6H2,1-4H3/q+1. The van der Waals surface area contributed by atoms with E-state index in [2.05, 4.69) is 13.8 Å². The van der Waals surface area contributed by atoms with E-state index in [0.29, 0.717) is 5.92 Å². The lowest BCUT2D eigenvalue weighted by Crippen LogP contribution is -2.29. The van der Waals surface area contributed by atoms with Crippen LogP contribution in [0, 0.1) is 5.92 Å². The van der Waals surface area contributed by atoms with Crippen molar-refractivity contribution in [3.63, 3.8) is 0 Å². The van der Waals surface area contributed by atoms with E-state index in [1.807, 2.05) is 13.8 Å². The van der Waals surface area contributed by atoms with Gasteiger partial charge < -0.3 is 0 Å². The van der Waals surface area contributed by atoms with Crippen molar-refractivity contribution >= 4 is 11.7 Å². The molecule has 0 unspecified atom stereocenters. The minimum Gasteiger partial charge on any atom is -0.0649 e. The molecule has 0 aromatic carbocycles. The van der Waals surface area contributed by atoms with E-state index < -0.39 is 0 Å². The summed E-state index contributed by atoms with van der Waals surface area (Å²) in [6.45, 7) is 8.35. The second-order valence-electron chi connectivity index (χ2n) is 3.20. The quantitative estimate of drug-likeness (QED) is 0.579. The highest BCUT2D eigenvalue weighted by molar-refractivity contribution is 7.67. The third-order valence-corrected chi connectivity index (χ3v) is 2.95. The summed E-state index contributed by atoms with van der Waals surface area (Å²) >= 11 is 0.734. The van der Waals surface area contributed by atoms with Crippen LogP contribution in [0.1, 0.15) is 40.5 Å². The zero-order chi connectivity index (χ0) is 8.20. The molecule has 0 rings (SSSR count). The van der Waals surface area contributed by atoms with E-state index in [9.17, 15) is 4.21 Å². The summed E-state index contributed by atoms with van der Waals surface area (Å²) in [7, 11) is 0. The van der Waals surface area contributed by atoms with E-state index in [4.69, 9.17) is 0 Å². The summed E-state index contributed by atoms with van der Waals surface area (Å²) in [5, 5.41) is 0. The van der Waals surface area contributed by atoms with Gasteiger partial charge in [0.15, 0.2) is 0 Å². The molecular formula is C8H17OS+. The van der Waals surface area contributed by atoms with E-state index in [0.717, 1.165) is 24.5 Å². The van der Waals surface area contributed by atoms with E-state index in [1.54, 1.807) is 0 Å². The zero-order valence-electron chi connectivity index (χ0n) is 7.31. The third-order valence-electron chi connectivity index (χ3n) is 2.18. The molecule has 0 aromatic heterocycles. The molecule has 0 aliphatic rings. The lowest BCUT2D eigenvalue weighted by Gasteiger charge is -2.15. The highest BCUT2D eigenvalue weighted by Crippen LogP contribution is 2.24. The Balaban J connectivity index is 4.10. The van der Waals surface area contributed by atoms with Crippen LogP contribution in [0.5, 0.6) is 0 Å². The first-order valence-corrected chi connectivity index (χ1v) is 4.63. The van der Waals surface area contributed by atoms with Gasteiger partial charge in [0.1, 0.15) is 0 Å². The van der Waals surface area contributed by atoms with Crippen LogP contribution in [0.15, 0.2) is 0 Å². The van der Waals surface area contributed by atoms with Crippen molar-refractivity contribution in [2.45, 2.75) is 45.3 Å². The van der Waals surface area contributed by atoms with Crippen molar-refractivity contribution in [1.29, 1.82) is 0 Å². The van der Waals surface area contributed by atoms with Crippen LogP contribution < -0.4 is 0 Å². The Morgan fingerprint density at radius 3 is 1.80 bits per heavy atom. The van der Waals surface area contributed by atoms with Crippen molar-refractivity contribution < 1.29 is 4.21 Å². The molecule has 2 heteroatoms. The van der Waals surface area contributed by atoms with Crippen molar-refractivity contribution in [2.75, 3.05) is 0 Å². The van der Waals surface area contributed by atoms with E-state index in [1.165, 1.54) is 0 Å². The third kappa shape index (κ3) is 2.33. The lowest BCUT2D eigenvalue weighted by atomic mass is 9.90. The fourth-order valence-corrected chi connectivity index (χ4v) is 1.81. The molecule has 1 nitrogen and oxygen atoms in total. The molecule has 10 heavy (non-hydrogen) atoms. The van der Waals surface area contributed by atoms with Crippen molar-refractivity contribution in [3.8, 4) is 0 Å². The van der Waals surface area contributed by atoms with Crippen molar-refractivity contribution in [1.82, 2.24) is 0 Å².